The van der Waals surface area contributed by atoms with Crippen molar-refractivity contribution < 1.29 is 9.53 Å². The van der Waals surface area contributed by atoms with E-state index in [4.69, 9.17) is 27.9 Å². The third kappa shape index (κ3) is 3.73. The predicted molar refractivity (Wildman–Crippen MR) is 77.2 cm³/mol. The van der Waals surface area contributed by atoms with Gasteiger partial charge in [-0.25, -0.2) is 4.79 Å². The first-order chi connectivity index (χ1) is 9.26. The van der Waals surface area contributed by atoms with Gasteiger partial charge in [0.15, 0.2) is 10.3 Å². The van der Waals surface area contributed by atoms with Crippen LogP contribution in [0.15, 0.2) is 6.07 Å². The van der Waals surface area contributed by atoms with Gasteiger partial charge in [0.2, 0.25) is 0 Å². The molecule has 1 aromatic heterocycles. The zero-order chi connectivity index (χ0) is 14.9. The third-order valence-electron chi connectivity index (χ3n) is 3.03. The molecule has 0 aromatic carbocycles. The van der Waals surface area contributed by atoms with E-state index in [9.17, 15) is 4.79 Å². The second kappa shape index (κ2) is 5.74. The summed E-state index contributed by atoms with van der Waals surface area (Å²) in [6.45, 7) is 6.73. The van der Waals surface area contributed by atoms with Gasteiger partial charge in [-0.05, 0) is 38.8 Å². The fraction of sp³-hybridized carbons (Fsp3) is 0.615. The first kappa shape index (κ1) is 15.3. The number of ether oxygens (including phenoxy) is 1. The van der Waals surface area contributed by atoms with Crippen LogP contribution in [0.1, 0.15) is 38.7 Å². The van der Waals surface area contributed by atoms with Crippen LogP contribution in [0.5, 0.6) is 0 Å². The highest BCUT2D eigenvalue weighted by Crippen LogP contribution is 2.32. The number of rotatable bonds is 1. The Morgan fingerprint density at radius 3 is 2.75 bits per heavy atom. The van der Waals surface area contributed by atoms with E-state index in [2.05, 4.69) is 10.2 Å². The van der Waals surface area contributed by atoms with Crippen molar-refractivity contribution in [3.05, 3.63) is 21.9 Å². The maximum absolute atomic E-state index is 12.0. The van der Waals surface area contributed by atoms with Crippen LogP contribution in [0, 0.1) is 0 Å². The van der Waals surface area contributed by atoms with Crippen LogP contribution in [-0.4, -0.2) is 39.9 Å². The van der Waals surface area contributed by atoms with E-state index >= 15 is 0 Å². The van der Waals surface area contributed by atoms with Gasteiger partial charge in [-0.15, -0.1) is 10.2 Å². The van der Waals surface area contributed by atoms with Crippen LogP contribution in [0.3, 0.4) is 0 Å². The second-order valence-electron chi connectivity index (χ2n) is 5.83. The molecule has 0 saturated carbocycles. The lowest BCUT2D eigenvalue weighted by Crippen LogP contribution is -2.35. The summed E-state index contributed by atoms with van der Waals surface area (Å²) in [6.07, 6.45) is 0.505. The molecule has 110 valence electrons. The van der Waals surface area contributed by atoms with E-state index < -0.39 is 5.60 Å². The topological polar surface area (TPSA) is 55.3 Å². The number of aromatic nitrogens is 2. The number of hydrogen-bond acceptors (Lipinski definition) is 4. The minimum absolute atomic E-state index is 0.114. The van der Waals surface area contributed by atoms with Crippen LogP contribution in [0.2, 0.25) is 10.3 Å². The Morgan fingerprint density at radius 2 is 2.10 bits per heavy atom. The van der Waals surface area contributed by atoms with Crippen molar-refractivity contribution in [1.29, 1.82) is 0 Å². The molecule has 2 heterocycles. The van der Waals surface area contributed by atoms with E-state index in [0.29, 0.717) is 23.4 Å². The maximum atomic E-state index is 12.0. The van der Waals surface area contributed by atoms with Crippen molar-refractivity contribution in [2.45, 2.75) is 38.7 Å². The summed E-state index contributed by atoms with van der Waals surface area (Å²) in [7, 11) is 0. The van der Waals surface area contributed by atoms with E-state index in [1.54, 1.807) is 11.0 Å². The van der Waals surface area contributed by atoms with Crippen molar-refractivity contribution in [2.24, 2.45) is 0 Å². The number of likely N-dealkylation sites (tertiary alicyclic amines) is 1. The summed E-state index contributed by atoms with van der Waals surface area (Å²) in [5, 5.41) is 8.14. The van der Waals surface area contributed by atoms with Gasteiger partial charge in [-0.1, -0.05) is 23.2 Å². The van der Waals surface area contributed by atoms with E-state index in [1.807, 2.05) is 20.8 Å². The number of amides is 1. The monoisotopic (exact) mass is 317 g/mol. The molecule has 0 N–H and O–H groups in total. The van der Waals surface area contributed by atoms with Gasteiger partial charge < -0.3 is 9.64 Å². The summed E-state index contributed by atoms with van der Waals surface area (Å²) >= 11 is 11.9. The Bertz CT molecular complexity index is 517. The number of nitrogens with zero attached hydrogens (tertiary/aromatic N) is 3. The zero-order valence-electron chi connectivity index (χ0n) is 11.7. The Labute approximate surface area is 128 Å². The molecule has 1 aliphatic heterocycles. The van der Waals surface area contributed by atoms with Gasteiger partial charge in [0.1, 0.15) is 5.60 Å². The highest BCUT2D eigenvalue weighted by molar-refractivity contribution is 6.31. The molecule has 1 fully saturated rings. The summed E-state index contributed by atoms with van der Waals surface area (Å²) in [6, 6.07) is 1.71. The number of hydrogen-bond donors (Lipinski definition) is 0. The van der Waals surface area contributed by atoms with Crippen molar-refractivity contribution in [2.75, 3.05) is 13.1 Å². The van der Waals surface area contributed by atoms with Gasteiger partial charge >= 0.3 is 6.09 Å². The molecule has 1 aromatic rings. The highest BCUT2D eigenvalue weighted by Gasteiger charge is 2.31. The van der Waals surface area contributed by atoms with E-state index in [0.717, 1.165) is 12.0 Å². The Morgan fingerprint density at radius 1 is 1.40 bits per heavy atom. The molecule has 1 aliphatic rings. The van der Waals surface area contributed by atoms with Crippen LogP contribution in [0.4, 0.5) is 4.79 Å². The standard InChI is InChI=1S/C13H17Cl2N3O2/c1-13(2,3)20-12(19)18-5-4-8(7-18)9-6-10(14)16-17-11(9)15/h6,8H,4-5,7H2,1-3H3. The minimum Gasteiger partial charge on any atom is -0.444 e. The molecular weight excluding hydrogens is 301 g/mol. The Kier molecular flexibility index (Phi) is 4.39. The fourth-order valence-corrected chi connectivity index (χ4v) is 2.56. The molecule has 0 radical (unpaired) electrons. The van der Waals surface area contributed by atoms with Gasteiger partial charge in [0.05, 0.1) is 0 Å². The first-order valence-corrected chi connectivity index (χ1v) is 7.18. The fourth-order valence-electron chi connectivity index (χ4n) is 2.16. The quantitative estimate of drug-likeness (QED) is 0.795. The molecule has 0 aliphatic carbocycles. The third-order valence-corrected chi connectivity index (χ3v) is 3.50. The Balaban J connectivity index is 2.05. The number of carbonyl (C=O) groups excluding carboxylic acids is 1. The summed E-state index contributed by atoms with van der Waals surface area (Å²) in [5.74, 6) is 0.114. The average Bonchev–Trinajstić information content (AvgIpc) is 2.79. The van der Waals surface area contributed by atoms with Crippen LogP contribution in [0.25, 0.3) is 0 Å². The van der Waals surface area contributed by atoms with Crippen molar-refractivity contribution in [1.82, 2.24) is 15.1 Å². The molecule has 0 bridgehead atoms. The second-order valence-corrected chi connectivity index (χ2v) is 6.57. The molecule has 2 rings (SSSR count). The lowest BCUT2D eigenvalue weighted by atomic mass is 10.0. The van der Waals surface area contributed by atoms with Crippen LogP contribution >= 0.6 is 23.2 Å². The van der Waals surface area contributed by atoms with Gasteiger partial charge in [0, 0.05) is 19.0 Å². The smallest absolute Gasteiger partial charge is 0.410 e. The molecule has 20 heavy (non-hydrogen) atoms. The lowest BCUT2D eigenvalue weighted by molar-refractivity contribution is 0.0292. The van der Waals surface area contributed by atoms with E-state index in [1.165, 1.54) is 0 Å². The van der Waals surface area contributed by atoms with Gasteiger partial charge in [-0.2, -0.15) is 0 Å². The molecule has 1 amide bonds. The largest absolute Gasteiger partial charge is 0.444 e. The van der Waals surface area contributed by atoms with Gasteiger partial charge in [0.25, 0.3) is 0 Å². The molecule has 1 atom stereocenters. The van der Waals surface area contributed by atoms with Crippen LogP contribution < -0.4 is 0 Å². The molecular formula is C13H17Cl2N3O2. The summed E-state index contributed by atoms with van der Waals surface area (Å²) in [4.78, 5) is 13.7. The zero-order valence-corrected chi connectivity index (χ0v) is 13.2. The molecule has 5 nitrogen and oxygen atoms in total. The first-order valence-electron chi connectivity index (χ1n) is 6.43. The van der Waals surface area contributed by atoms with Crippen molar-refractivity contribution >= 4 is 29.3 Å². The van der Waals surface area contributed by atoms with Gasteiger partial charge in [-0.3, -0.25) is 0 Å². The Hall–Kier alpha value is -1.07. The van der Waals surface area contributed by atoms with Crippen LogP contribution in [-0.2, 0) is 4.74 Å². The number of carbonyl (C=O) groups is 1. The maximum Gasteiger partial charge on any atom is 0.410 e. The van der Waals surface area contributed by atoms with E-state index in [-0.39, 0.29) is 12.0 Å². The summed E-state index contributed by atoms with van der Waals surface area (Å²) < 4.78 is 5.36. The highest BCUT2D eigenvalue weighted by atomic mass is 35.5. The average molecular weight is 318 g/mol. The molecule has 7 heteroatoms. The van der Waals surface area contributed by atoms with Crippen molar-refractivity contribution in [3.8, 4) is 0 Å². The number of halogens is 2. The minimum atomic E-state index is -0.492. The molecule has 1 unspecified atom stereocenters. The SMILES string of the molecule is CC(C)(C)OC(=O)N1CCC(c2cc(Cl)nnc2Cl)C1. The normalized spacial score (nSPS) is 19.2. The molecule has 1 saturated heterocycles. The predicted octanol–water partition coefficient (Wildman–Crippen LogP) is 3.51. The lowest BCUT2D eigenvalue weighted by Gasteiger charge is -2.24. The van der Waals surface area contributed by atoms with Crippen molar-refractivity contribution in [3.63, 3.8) is 0 Å². The molecule has 0 spiro atoms. The summed E-state index contributed by atoms with van der Waals surface area (Å²) in [5.41, 5.74) is 0.340.